The largest absolute Gasteiger partial charge is 0.508 e. The van der Waals surface area contributed by atoms with Crippen molar-refractivity contribution < 1.29 is 24.5 Å². The van der Waals surface area contributed by atoms with Crippen LogP contribution in [-0.2, 0) is 9.53 Å². The van der Waals surface area contributed by atoms with Crippen LogP contribution in [0.3, 0.4) is 0 Å². The summed E-state index contributed by atoms with van der Waals surface area (Å²) < 4.78 is 4.85. The van der Waals surface area contributed by atoms with E-state index >= 15 is 0 Å². The number of hydrogen-bond donors (Lipinski definition) is 3. The van der Waals surface area contributed by atoms with Crippen molar-refractivity contribution in [2.45, 2.75) is 12.1 Å². The smallest absolute Gasteiger partial charge is 0.408 e. The molecule has 0 aromatic heterocycles. The van der Waals surface area contributed by atoms with E-state index in [9.17, 15) is 9.59 Å². The Labute approximate surface area is 90.5 Å². The van der Waals surface area contributed by atoms with E-state index in [1.807, 2.05) is 0 Å². The lowest BCUT2D eigenvalue weighted by atomic mass is 10.0. The zero-order valence-electron chi connectivity index (χ0n) is 8.08. The van der Waals surface area contributed by atoms with Crippen LogP contribution in [0.2, 0.25) is 0 Å². The van der Waals surface area contributed by atoms with Gasteiger partial charge in [0.25, 0.3) is 0 Å². The molecule has 3 N–H and O–H groups in total. The molecule has 6 nitrogen and oxygen atoms in total. The summed E-state index contributed by atoms with van der Waals surface area (Å²) in [4.78, 5) is 21.8. The normalized spacial score (nSPS) is 23.6. The minimum Gasteiger partial charge on any atom is -0.508 e. The number of nitrogens with one attached hydrogen (secondary N) is 1. The fourth-order valence-electron chi connectivity index (χ4n) is 1.54. The van der Waals surface area contributed by atoms with E-state index in [1.54, 1.807) is 0 Å². The van der Waals surface area contributed by atoms with Gasteiger partial charge in [0.05, 0.1) is 0 Å². The average molecular weight is 223 g/mol. The van der Waals surface area contributed by atoms with Crippen LogP contribution in [-0.4, -0.2) is 28.3 Å². The van der Waals surface area contributed by atoms with Gasteiger partial charge in [0.1, 0.15) is 5.75 Å². The molecule has 0 saturated carbocycles. The lowest BCUT2D eigenvalue weighted by Gasteiger charge is -2.13. The third kappa shape index (κ3) is 1.77. The zero-order chi connectivity index (χ0) is 11.7. The number of phenolic OH excluding ortho intramolecular Hbond substituents is 1. The summed E-state index contributed by atoms with van der Waals surface area (Å²) in [6.45, 7) is 0. The minimum atomic E-state index is -1.16. The Morgan fingerprint density at radius 2 is 1.94 bits per heavy atom. The molecule has 0 bridgehead atoms. The summed E-state index contributed by atoms with van der Waals surface area (Å²) in [6, 6.07) is 4.73. The van der Waals surface area contributed by atoms with Crippen molar-refractivity contribution in [1.29, 1.82) is 0 Å². The Morgan fingerprint density at radius 1 is 1.31 bits per heavy atom. The number of amides is 1. The average Bonchev–Trinajstić information content (AvgIpc) is 2.61. The summed E-state index contributed by atoms with van der Waals surface area (Å²) in [6.07, 6.45) is -1.63. The quantitative estimate of drug-likeness (QED) is 0.683. The molecule has 2 rings (SSSR count). The summed E-state index contributed by atoms with van der Waals surface area (Å²) in [7, 11) is 0. The van der Waals surface area contributed by atoms with Crippen LogP contribution in [0.1, 0.15) is 11.7 Å². The van der Waals surface area contributed by atoms with Crippen molar-refractivity contribution in [1.82, 2.24) is 5.32 Å². The fourth-order valence-corrected chi connectivity index (χ4v) is 1.54. The Bertz CT molecular complexity index is 427. The van der Waals surface area contributed by atoms with E-state index in [0.717, 1.165) is 0 Å². The number of alkyl carbamates (subject to hydrolysis) is 1. The number of cyclic esters (lactones) is 1. The molecule has 0 radical (unpaired) electrons. The van der Waals surface area contributed by atoms with Crippen LogP contribution >= 0.6 is 0 Å². The van der Waals surface area contributed by atoms with Crippen molar-refractivity contribution >= 4 is 12.1 Å². The molecule has 84 valence electrons. The Morgan fingerprint density at radius 3 is 2.50 bits per heavy atom. The summed E-state index contributed by atoms with van der Waals surface area (Å²) >= 11 is 0. The van der Waals surface area contributed by atoms with Gasteiger partial charge < -0.3 is 20.3 Å². The second kappa shape index (κ2) is 3.73. The van der Waals surface area contributed by atoms with Crippen molar-refractivity contribution in [3.05, 3.63) is 29.8 Å². The van der Waals surface area contributed by atoms with E-state index in [0.29, 0.717) is 5.56 Å². The highest BCUT2D eigenvalue weighted by Gasteiger charge is 2.40. The molecule has 2 unspecified atom stereocenters. The number of ether oxygens (including phenoxy) is 1. The van der Waals surface area contributed by atoms with Gasteiger partial charge in [-0.1, -0.05) is 12.1 Å². The second-order valence-electron chi connectivity index (χ2n) is 3.38. The highest BCUT2D eigenvalue weighted by Crippen LogP contribution is 2.27. The maximum atomic E-state index is 11.0. The van der Waals surface area contributed by atoms with E-state index in [4.69, 9.17) is 14.9 Å². The second-order valence-corrected chi connectivity index (χ2v) is 3.38. The van der Waals surface area contributed by atoms with Gasteiger partial charge in [-0.3, -0.25) is 0 Å². The first kappa shape index (κ1) is 10.3. The number of rotatable bonds is 2. The number of carbonyl (C=O) groups is 2. The van der Waals surface area contributed by atoms with Gasteiger partial charge in [-0.2, -0.15) is 0 Å². The Balaban J connectivity index is 2.28. The number of carbonyl (C=O) groups excluding carboxylic acids is 1. The minimum absolute atomic E-state index is 0.0629. The molecule has 1 aromatic rings. The van der Waals surface area contributed by atoms with Crippen LogP contribution in [0, 0.1) is 0 Å². The van der Waals surface area contributed by atoms with Crippen molar-refractivity contribution in [2.24, 2.45) is 0 Å². The topological polar surface area (TPSA) is 95.9 Å². The molecular formula is C10H9NO5. The molecule has 1 aliphatic rings. The monoisotopic (exact) mass is 223 g/mol. The van der Waals surface area contributed by atoms with E-state index in [-0.39, 0.29) is 5.75 Å². The van der Waals surface area contributed by atoms with Gasteiger partial charge in [0.2, 0.25) is 0 Å². The van der Waals surface area contributed by atoms with Gasteiger partial charge in [0, 0.05) is 0 Å². The first-order valence-electron chi connectivity index (χ1n) is 4.57. The molecule has 1 heterocycles. The van der Waals surface area contributed by atoms with Gasteiger partial charge in [-0.25, -0.2) is 9.59 Å². The number of carboxylic acid groups (broad SMARTS) is 1. The van der Waals surface area contributed by atoms with Gasteiger partial charge in [-0.15, -0.1) is 0 Å². The first-order chi connectivity index (χ1) is 7.58. The third-order valence-corrected chi connectivity index (χ3v) is 2.30. The molecule has 0 aliphatic carbocycles. The van der Waals surface area contributed by atoms with E-state index in [2.05, 4.69) is 5.32 Å². The maximum Gasteiger partial charge on any atom is 0.408 e. The summed E-state index contributed by atoms with van der Waals surface area (Å²) in [5.74, 6) is -1.10. The molecular weight excluding hydrogens is 214 g/mol. The van der Waals surface area contributed by atoms with Crippen molar-refractivity contribution in [3.8, 4) is 5.75 Å². The standard InChI is InChI=1S/C10H9NO5/c12-6-3-1-5(2-4-6)8-7(9(13)14)11-10(15)16-8/h1-4,7-8,12H,(H,11,15)(H,13,14). The first-order valence-corrected chi connectivity index (χ1v) is 4.57. The number of hydrogen-bond acceptors (Lipinski definition) is 4. The van der Waals surface area contributed by atoms with Crippen molar-refractivity contribution in [3.63, 3.8) is 0 Å². The molecule has 6 heteroatoms. The number of phenols is 1. The predicted molar refractivity (Wildman–Crippen MR) is 51.9 cm³/mol. The number of aromatic hydroxyl groups is 1. The lowest BCUT2D eigenvalue weighted by Crippen LogP contribution is -2.35. The Hall–Kier alpha value is -2.24. The molecule has 0 spiro atoms. The van der Waals surface area contributed by atoms with Crippen LogP contribution in [0.15, 0.2) is 24.3 Å². The van der Waals surface area contributed by atoms with E-state index < -0.39 is 24.2 Å². The van der Waals surface area contributed by atoms with E-state index in [1.165, 1.54) is 24.3 Å². The molecule has 1 fully saturated rings. The molecule has 2 atom stereocenters. The third-order valence-electron chi connectivity index (χ3n) is 2.30. The lowest BCUT2D eigenvalue weighted by molar-refractivity contribution is -0.140. The van der Waals surface area contributed by atoms with Gasteiger partial charge in [0.15, 0.2) is 12.1 Å². The predicted octanol–water partition coefficient (Wildman–Crippen LogP) is 0.626. The maximum absolute atomic E-state index is 11.0. The van der Waals surface area contributed by atoms with Gasteiger partial charge in [-0.05, 0) is 17.7 Å². The molecule has 16 heavy (non-hydrogen) atoms. The SMILES string of the molecule is O=C1NC(C(=O)O)C(c2ccc(O)cc2)O1. The van der Waals surface area contributed by atoms with Crippen LogP contribution in [0.25, 0.3) is 0 Å². The van der Waals surface area contributed by atoms with Crippen molar-refractivity contribution in [2.75, 3.05) is 0 Å². The van der Waals surface area contributed by atoms with Crippen LogP contribution < -0.4 is 5.32 Å². The summed E-state index contributed by atoms with van der Waals surface area (Å²) in [5.41, 5.74) is 0.517. The van der Waals surface area contributed by atoms with Crippen LogP contribution in [0.5, 0.6) is 5.75 Å². The fraction of sp³-hybridized carbons (Fsp3) is 0.200. The number of aliphatic carboxylic acids is 1. The zero-order valence-corrected chi connectivity index (χ0v) is 8.08. The highest BCUT2D eigenvalue weighted by molar-refractivity contribution is 5.84. The Kier molecular flexibility index (Phi) is 2.40. The van der Waals surface area contributed by atoms with Gasteiger partial charge >= 0.3 is 12.1 Å². The molecule has 1 aromatic carbocycles. The molecule has 1 aliphatic heterocycles. The summed E-state index contributed by atoms with van der Waals surface area (Å²) in [5, 5.41) is 20.2. The highest BCUT2D eigenvalue weighted by atomic mass is 16.6. The molecule has 1 amide bonds. The molecule has 1 saturated heterocycles. The number of carboxylic acids is 1. The van der Waals surface area contributed by atoms with Crippen LogP contribution in [0.4, 0.5) is 4.79 Å². The number of benzene rings is 1.